The summed E-state index contributed by atoms with van der Waals surface area (Å²) in [6.07, 6.45) is -1.06. The van der Waals surface area contributed by atoms with Crippen molar-refractivity contribution in [1.29, 1.82) is 0 Å². The third-order valence-corrected chi connectivity index (χ3v) is 2.40. The number of nitrogens with zero attached hydrogens (tertiary/aromatic N) is 1. The van der Waals surface area contributed by atoms with Crippen molar-refractivity contribution in [3.05, 3.63) is 35.4 Å². The van der Waals surface area contributed by atoms with Gasteiger partial charge in [0, 0.05) is 5.56 Å². The molecule has 0 saturated carbocycles. The lowest BCUT2D eigenvalue weighted by Gasteiger charge is -2.18. The first kappa shape index (κ1) is 13.4. The van der Waals surface area contributed by atoms with Gasteiger partial charge in [-0.15, -0.1) is 5.06 Å². The Hall–Kier alpha value is -2.08. The highest BCUT2D eigenvalue weighted by Crippen LogP contribution is 2.38. The van der Waals surface area contributed by atoms with Crippen LogP contribution in [0.2, 0.25) is 0 Å². The van der Waals surface area contributed by atoms with Crippen LogP contribution in [0, 0.1) is 0 Å². The maximum absolute atomic E-state index is 11.7. The number of carboxylic acids is 1. The number of rotatable bonds is 2. The van der Waals surface area contributed by atoms with Gasteiger partial charge >= 0.3 is 12.1 Å². The van der Waals surface area contributed by atoms with Gasteiger partial charge < -0.3 is 9.84 Å². The van der Waals surface area contributed by atoms with Crippen molar-refractivity contribution in [1.82, 2.24) is 5.06 Å². The van der Waals surface area contributed by atoms with Crippen molar-refractivity contribution in [3.8, 4) is 0 Å². The fourth-order valence-corrected chi connectivity index (χ4v) is 1.51. The molecule has 102 valence electrons. The van der Waals surface area contributed by atoms with Gasteiger partial charge in [0.2, 0.25) is 6.23 Å². The second-order valence-electron chi connectivity index (χ2n) is 5.19. The minimum absolute atomic E-state index is 0.188. The fraction of sp³-hybridized carbons (Fsp3) is 0.385. The summed E-state index contributed by atoms with van der Waals surface area (Å²) in [5.41, 5.74) is 0.310. The van der Waals surface area contributed by atoms with Crippen molar-refractivity contribution in [2.24, 2.45) is 0 Å². The monoisotopic (exact) mass is 265 g/mol. The molecular weight excluding hydrogens is 250 g/mol. The summed E-state index contributed by atoms with van der Waals surface area (Å²) in [7, 11) is 0. The minimum atomic E-state index is -0.993. The molecule has 1 aromatic rings. The summed E-state index contributed by atoms with van der Waals surface area (Å²) in [5, 5.41) is 9.89. The molecule has 1 saturated heterocycles. The van der Waals surface area contributed by atoms with Gasteiger partial charge in [-0.2, -0.15) is 0 Å². The lowest BCUT2D eigenvalue weighted by atomic mass is 10.1. The molecular formula is C13H15NO5. The van der Waals surface area contributed by atoms with Gasteiger partial charge in [-0.25, -0.2) is 14.4 Å². The normalized spacial score (nSPS) is 18.1. The van der Waals surface area contributed by atoms with E-state index < -0.39 is 23.9 Å². The van der Waals surface area contributed by atoms with Gasteiger partial charge in [-0.3, -0.25) is 0 Å². The SMILES string of the molecule is CC(C)(C)OC(=O)N1OC1c1ccc(C(=O)O)cc1. The first-order valence-electron chi connectivity index (χ1n) is 5.80. The van der Waals surface area contributed by atoms with Crippen LogP contribution >= 0.6 is 0 Å². The standard InChI is InChI=1S/C13H15NO5/c1-13(2,3)18-12(17)14-10(19-14)8-4-6-9(7-5-8)11(15)16/h4-7,10H,1-3H3,(H,15,16). The predicted molar refractivity (Wildman–Crippen MR) is 65.3 cm³/mol. The fourth-order valence-electron chi connectivity index (χ4n) is 1.51. The molecule has 0 bridgehead atoms. The molecule has 0 aliphatic carbocycles. The van der Waals surface area contributed by atoms with Crippen LogP contribution in [0.15, 0.2) is 24.3 Å². The lowest BCUT2D eigenvalue weighted by molar-refractivity contribution is 0.0208. The van der Waals surface area contributed by atoms with E-state index in [2.05, 4.69) is 0 Å². The molecule has 19 heavy (non-hydrogen) atoms. The van der Waals surface area contributed by atoms with Gasteiger partial charge in [0.05, 0.1) is 5.56 Å². The Morgan fingerprint density at radius 2 is 1.84 bits per heavy atom. The third-order valence-electron chi connectivity index (χ3n) is 2.40. The predicted octanol–water partition coefficient (Wildman–Crippen LogP) is 2.57. The maximum Gasteiger partial charge on any atom is 0.437 e. The summed E-state index contributed by atoms with van der Waals surface area (Å²) >= 11 is 0. The molecule has 1 N–H and O–H groups in total. The summed E-state index contributed by atoms with van der Waals surface area (Å²) in [6, 6.07) is 6.15. The van der Waals surface area contributed by atoms with E-state index in [1.165, 1.54) is 12.1 Å². The third kappa shape index (κ3) is 3.23. The van der Waals surface area contributed by atoms with E-state index in [0.29, 0.717) is 5.56 Å². The van der Waals surface area contributed by atoms with Crippen molar-refractivity contribution >= 4 is 12.1 Å². The van der Waals surface area contributed by atoms with Crippen LogP contribution < -0.4 is 0 Å². The quantitative estimate of drug-likeness (QED) is 0.831. The molecule has 1 amide bonds. The van der Waals surface area contributed by atoms with E-state index in [1.54, 1.807) is 32.9 Å². The number of carbonyl (C=O) groups is 2. The van der Waals surface area contributed by atoms with E-state index in [9.17, 15) is 9.59 Å². The second kappa shape index (κ2) is 4.55. The Kier molecular flexibility index (Phi) is 3.20. The largest absolute Gasteiger partial charge is 0.478 e. The van der Waals surface area contributed by atoms with E-state index >= 15 is 0 Å². The molecule has 0 spiro atoms. The molecule has 0 radical (unpaired) electrons. The topological polar surface area (TPSA) is 79.1 Å². The highest BCUT2D eigenvalue weighted by atomic mass is 16.9. The number of ether oxygens (including phenoxy) is 1. The van der Waals surface area contributed by atoms with Crippen LogP contribution in [0.1, 0.15) is 42.9 Å². The zero-order valence-electron chi connectivity index (χ0n) is 10.9. The van der Waals surface area contributed by atoms with Gasteiger partial charge in [-0.1, -0.05) is 12.1 Å². The van der Waals surface area contributed by atoms with Crippen LogP contribution in [0.5, 0.6) is 0 Å². The molecule has 6 nitrogen and oxygen atoms in total. The molecule has 1 atom stereocenters. The van der Waals surface area contributed by atoms with Crippen LogP contribution in [-0.4, -0.2) is 27.8 Å². The van der Waals surface area contributed by atoms with Gasteiger partial charge in [0.25, 0.3) is 0 Å². The highest BCUT2D eigenvalue weighted by Gasteiger charge is 2.45. The zero-order valence-corrected chi connectivity index (χ0v) is 10.9. The smallest absolute Gasteiger partial charge is 0.437 e. The van der Waals surface area contributed by atoms with Crippen molar-refractivity contribution in [3.63, 3.8) is 0 Å². The van der Waals surface area contributed by atoms with Crippen LogP contribution in [0.4, 0.5) is 4.79 Å². The molecule has 6 heteroatoms. The van der Waals surface area contributed by atoms with Crippen LogP contribution in [0.3, 0.4) is 0 Å². The number of benzene rings is 1. The number of hydrogen-bond acceptors (Lipinski definition) is 4. The Balaban J connectivity index is 1.99. The number of amides is 1. The second-order valence-corrected chi connectivity index (χ2v) is 5.19. The van der Waals surface area contributed by atoms with E-state index in [-0.39, 0.29) is 5.56 Å². The molecule has 1 aliphatic rings. The van der Waals surface area contributed by atoms with E-state index in [4.69, 9.17) is 14.7 Å². The molecule has 2 rings (SSSR count). The first-order valence-corrected chi connectivity index (χ1v) is 5.80. The number of aromatic carboxylic acids is 1. The average Bonchev–Trinajstić information content (AvgIpc) is 3.06. The van der Waals surface area contributed by atoms with Crippen molar-refractivity contribution in [2.45, 2.75) is 32.6 Å². The van der Waals surface area contributed by atoms with E-state index in [0.717, 1.165) is 5.06 Å². The highest BCUT2D eigenvalue weighted by molar-refractivity contribution is 5.87. The summed E-state index contributed by atoms with van der Waals surface area (Å²) in [4.78, 5) is 27.5. The van der Waals surface area contributed by atoms with Gasteiger partial charge in [-0.05, 0) is 32.9 Å². The van der Waals surface area contributed by atoms with Gasteiger partial charge in [0.15, 0.2) is 0 Å². The van der Waals surface area contributed by atoms with E-state index in [1.807, 2.05) is 0 Å². The van der Waals surface area contributed by atoms with Crippen molar-refractivity contribution in [2.75, 3.05) is 0 Å². The van der Waals surface area contributed by atoms with Crippen LogP contribution in [-0.2, 0) is 9.57 Å². The summed E-state index contributed by atoms with van der Waals surface area (Å²) in [6.45, 7) is 5.31. The van der Waals surface area contributed by atoms with Gasteiger partial charge in [0.1, 0.15) is 5.60 Å². The number of hydrogen-bond donors (Lipinski definition) is 1. The Morgan fingerprint density at radius 1 is 1.26 bits per heavy atom. The van der Waals surface area contributed by atoms with Crippen molar-refractivity contribution < 1.29 is 24.3 Å². The minimum Gasteiger partial charge on any atom is -0.478 e. The average molecular weight is 265 g/mol. The first-order chi connectivity index (χ1) is 8.78. The zero-order chi connectivity index (χ0) is 14.2. The molecule has 0 aromatic heterocycles. The lowest BCUT2D eigenvalue weighted by Crippen LogP contribution is -2.27. The number of carboxylic acid groups (broad SMARTS) is 1. The number of carbonyl (C=O) groups excluding carboxylic acids is 1. The Bertz CT molecular complexity index is 503. The number of hydroxylamine groups is 2. The Labute approximate surface area is 110 Å². The molecule has 1 fully saturated rings. The molecule has 1 aromatic carbocycles. The summed E-state index contributed by atoms with van der Waals surface area (Å²) < 4.78 is 5.14. The molecule has 1 unspecified atom stereocenters. The molecule has 1 heterocycles. The Morgan fingerprint density at radius 3 is 2.32 bits per heavy atom. The summed E-state index contributed by atoms with van der Waals surface area (Å²) in [5.74, 6) is -0.993. The van der Waals surface area contributed by atoms with Crippen LogP contribution in [0.25, 0.3) is 0 Å². The molecule has 1 aliphatic heterocycles. The maximum atomic E-state index is 11.7.